The molecule has 0 bridgehead atoms. The summed E-state index contributed by atoms with van der Waals surface area (Å²) in [4.78, 5) is 0. The number of aliphatic hydroxyl groups excluding tert-OH is 1. The molecular weight excluding hydrogens is 283 g/mol. The van der Waals surface area contributed by atoms with E-state index >= 15 is 0 Å². The molecule has 0 aliphatic carbocycles. The smallest absolute Gasteiger partial charge is 0.416 e. The first kappa shape index (κ1) is 15.6. The molecule has 114 valence electrons. The lowest BCUT2D eigenvalue weighted by atomic mass is 10.1. The lowest BCUT2D eigenvalue weighted by Crippen LogP contribution is -2.23. The molecule has 2 N–H and O–H groups in total. The van der Waals surface area contributed by atoms with Gasteiger partial charge in [0.15, 0.2) is 0 Å². The normalized spacial score (nSPS) is 13.4. The zero-order valence-corrected chi connectivity index (χ0v) is 11.4. The summed E-state index contributed by atoms with van der Waals surface area (Å²) in [6.07, 6.45) is -4.84. The maximum Gasteiger partial charge on any atom is 0.416 e. The lowest BCUT2D eigenvalue weighted by Gasteiger charge is -2.07. The largest absolute Gasteiger partial charge is 0.460 e. The van der Waals surface area contributed by atoms with E-state index in [9.17, 15) is 13.2 Å². The molecule has 1 heterocycles. The number of furan rings is 1. The summed E-state index contributed by atoms with van der Waals surface area (Å²) in [5.41, 5.74) is -0.322. The van der Waals surface area contributed by atoms with Crippen molar-refractivity contribution in [1.82, 2.24) is 5.32 Å². The van der Waals surface area contributed by atoms with Gasteiger partial charge in [0.1, 0.15) is 11.5 Å². The van der Waals surface area contributed by atoms with Crippen LogP contribution in [0.15, 0.2) is 40.8 Å². The van der Waals surface area contributed by atoms with Crippen LogP contribution in [0.3, 0.4) is 0 Å². The van der Waals surface area contributed by atoms with Crippen molar-refractivity contribution < 1.29 is 22.7 Å². The molecule has 0 saturated carbocycles. The molecule has 0 fully saturated rings. The van der Waals surface area contributed by atoms with Crippen LogP contribution in [0.5, 0.6) is 0 Å². The average molecular weight is 299 g/mol. The van der Waals surface area contributed by atoms with E-state index in [1.807, 2.05) is 0 Å². The van der Waals surface area contributed by atoms with Gasteiger partial charge in [0.25, 0.3) is 0 Å². The van der Waals surface area contributed by atoms with Crippen LogP contribution in [0.2, 0.25) is 0 Å². The molecule has 1 aromatic carbocycles. The first-order chi connectivity index (χ1) is 9.86. The molecule has 1 aromatic heterocycles. The lowest BCUT2D eigenvalue weighted by molar-refractivity contribution is -0.137. The van der Waals surface area contributed by atoms with Gasteiger partial charge in [-0.1, -0.05) is 12.1 Å². The van der Waals surface area contributed by atoms with E-state index in [0.29, 0.717) is 30.2 Å². The van der Waals surface area contributed by atoms with E-state index < -0.39 is 17.8 Å². The van der Waals surface area contributed by atoms with Gasteiger partial charge in [0, 0.05) is 12.1 Å². The summed E-state index contributed by atoms with van der Waals surface area (Å²) >= 11 is 0. The molecular formula is C15H16F3NO2. The molecule has 2 rings (SSSR count). The van der Waals surface area contributed by atoms with Crippen LogP contribution >= 0.6 is 0 Å². The van der Waals surface area contributed by atoms with E-state index in [0.717, 1.165) is 12.1 Å². The Morgan fingerprint density at radius 2 is 2.00 bits per heavy atom. The molecule has 0 aliphatic rings. The predicted octanol–water partition coefficient (Wildman–Crippen LogP) is 3.44. The van der Waals surface area contributed by atoms with Crippen molar-refractivity contribution in [3.8, 4) is 11.3 Å². The molecule has 0 saturated heterocycles. The number of alkyl halides is 3. The summed E-state index contributed by atoms with van der Waals surface area (Å²) < 4.78 is 43.5. The molecule has 2 aromatic rings. The minimum atomic E-state index is -4.37. The van der Waals surface area contributed by atoms with E-state index in [-0.39, 0.29) is 0 Å². The number of benzene rings is 1. The molecule has 3 nitrogen and oxygen atoms in total. The van der Waals surface area contributed by atoms with Crippen LogP contribution in [0.1, 0.15) is 18.2 Å². The average Bonchev–Trinajstić information content (AvgIpc) is 2.86. The molecule has 0 unspecified atom stereocenters. The number of halogens is 3. The number of rotatable bonds is 5. The van der Waals surface area contributed by atoms with Gasteiger partial charge >= 0.3 is 6.18 Å². The Balaban J connectivity index is 2.11. The van der Waals surface area contributed by atoms with Crippen molar-refractivity contribution in [2.24, 2.45) is 0 Å². The summed E-state index contributed by atoms with van der Waals surface area (Å²) in [6.45, 7) is 2.48. The van der Waals surface area contributed by atoms with E-state index in [2.05, 4.69) is 5.32 Å². The Labute approximate surface area is 120 Å². The second-order valence-electron chi connectivity index (χ2n) is 4.82. The monoisotopic (exact) mass is 299 g/mol. The Morgan fingerprint density at radius 1 is 1.24 bits per heavy atom. The zero-order valence-electron chi connectivity index (χ0n) is 11.4. The van der Waals surface area contributed by atoms with Crippen molar-refractivity contribution in [2.75, 3.05) is 6.54 Å². The highest BCUT2D eigenvalue weighted by atomic mass is 19.4. The second kappa shape index (κ2) is 6.32. The summed E-state index contributed by atoms with van der Waals surface area (Å²) in [5.74, 6) is 0.984. The van der Waals surface area contributed by atoms with Crippen LogP contribution in [0.4, 0.5) is 13.2 Å². The number of hydrogen-bond acceptors (Lipinski definition) is 3. The van der Waals surface area contributed by atoms with Crippen LogP contribution in [-0.2, 0) is 12.7 Å². The van der Waals surface area contributed by atoms with Crippen molar-refractivity contribution in [3.63, 3.8) is 0 Å². The fourth-order valence-corrected chi connectivity index (χ4v) is 1.88. The Morgan fingerprint density at radius 3 is 2.67 bits per heavy atom. The SMILES string of the molecule is C[C@@H](O)CNCc1ccc(-c2cccc(C(F)(F)F)c2)o1. The predicted molar refractivity (Wildman–Crippen MR) is 72.5 cm³/mol. The standard InChI is InChI=1S/C15H16F3NO2/c1-10(20)8-19-9-13-5-6-14(21-13)11-3-2-4-12(7-11)15(16,17)18/h2-7,10,19-20H,8-9H2,1H3/t10-/m1/s1. The molecule has 21 heavy (non-hydrogen) atoms. The summed E-state index contributed by atoms with van der Waals surface area (Å²) in [7, 11) is 0. The van der Waals surface area contributed by atoms with Gasteiger partial charge < -0.3 is 14.8 Å². The van der Waals surface area contributed by atoms with Crippen LogP contribution in [-0.4, -0.2) is 17.8 Å². The van der Waals surface area contributed by atoms with Crippen LogP contribution < -0.4 is 5.32 Å². The van der Waals surface area contributed by atoms with Crippen molar-refractivity contribution in [2.45, 2.75) is 25.7 Å². The first-order valence-electron chi connectivity index (χ1n) is 6.51. The van der Waals surface area contributed by atoms with E-state index in [1.165, 1.54) is 6.07 Å². The fourth-order valence-electron chi connectivity index (χ4n) is 1.88. The van der Waals surface area contributed by atoms with Gasteiger partial charge in [-0.15, -0.1) is 0 Å². The highest BCUT2D eigenvalue weighted by molar-refractivity contribution is 5.58. The minimum absolute atomic E-state index is 0.381. The third-order valence-electron chi connectivity index (χ3n) is 2.88. The van der Waals surface area contributed by atoms with Crippen molar-refractivity contribution in [3.05, 3.63) is 47.7 Å². The van der Waals surface area contributed by atoms with Gasteiger partial charge in [0.05, 0.1) is 18.2 Å². The number of nitrogens with one attached hydrogen (secondary N) is 1. The van der Waals surface area contributed by atoms with E-state index in [4.69, 9.17) is 9.52 Å². The van der Waals surface area contributed by atoms with Crippen molar-refractivity contribution >= 4 is 0 Å². The summed E-state index contributed by atoms with van der Waals surface area (Å²) in [6, 6.07) is 8.34. The highest BCUT2D eigenvalue weighted by Gasteiger charge is 2.30. The van der Waals surface area contributed by atoms with Gasteiger partial charge in [-0.3, -0.25) is 0 Å². The maximum absolute atomic E-state index is 12.7. The molecule has 0 aliphatic heterocycles. The maximum atomic E-state index is 12.7. The number of aliphatic hydroxyl groups is 1. The molecule has 0 spiro atoms. The topological polar surface area (TPSA) is 45.4 Å². The Bertz CT molecular complexity index is 591. The van der Waals surface area contributed by atoms with Gasteiger partial charge in [-0.2, -0.15) is 13.2 Å². The third kappa shape index (κ3) is 4.34. The van der Waals surface area contributed by atoms with Gasteiger partial charge in [0.2, 0.25) is 0 Å². The number of hydrogen-bond donors (Lipinski definition) is 2. The molecule has 1 atom stereocenters. The third-order valence-corrected chi connectivity index (χ3v) is 2.88. The van der Waals surface area contributed by atoms with Gasteiger partial charge in [-0.25, -0.2) is 0 Å². The van der Waals surface area contributed by atoms with Crippen LogP contribution in [0, 0.1) is 0 Å². The minimum Gasteiger partial charge on any atom is -0.460 e. The Hall–Kier alpha value is -1.79. The second-order valence-corrected chi connectivity index (χ2v) is 4.82. The molecule has 0 radical (unpaired) electrons. The van der Waals surface area contributed by atoms with Crippen molar-refractivity contribution in [1.29, 1.82) is 0 Å². The molecule has 0 amide bonds. The summed E-state index contributed by atoms with van der Waals surface area (Å²) in [5, 5.41) is 12.1. The van der Waals surface area contributed by atoms with Crippen LogP contribution in [0.25, 0.3) is 11.3 Å². The molecule has 6 heteroatoms. The van der Waals surface area contributed by atoms with Gasteiger partial charge in [-0.05, 0) is 31.2 Å². The first-order valence-corrected chi connectivity index (χ1v) is 6.51. The quantitative estimate of drug-likeness (QED) is 0.889. The van der Waals surface area contributed by atoms with E-state index in [1.54, 1.807) is 25.1 Å². The zero-order chi connectivity index (χ0) is 15.5. The fraction of sp³-hybridized carbons (Fsp3) is 0.333. The highest BCUT2D eigenvalue weighted by Crippen LogP contribution is 2.32. The Kier molecular flexibility index (Phi) is 4.69.